The van der Waals surface area contributed by atoms with Crippen molar-refractivity contribution in [3.8, 4) is 0 Å². The van der Waals surface area contributed by atoms with E-state index in [1.54, 1.807) is 0 Å². The quantitative estimate of drug-likeness (QED) is 0.0661. The van der Waals surface area contributed by atoms with Crippen LogP contribution >= 0.6 is 0 Å². The van der Waals surface area contributed by atoms with E-state index >= 15 is 0 Å². The molecule has 38 heavy (non-hydrogen) atoms. The highest BCUT2D eigenvalue weighted by atomic mass is 16.7. The third-order valence-electron chi connectivity index (χ3n) is 6.43. The van der Waals surface area contributed by atoms with Gasteiger partial charge in [0.2, 0.25) is 0 Å². The molecule has 2 aliphatic heterocycles. The molecule has 2 aliphatic rings. The van der Waals surface area contributed by atoms with E-state index in [0.29, 0.717) is 19.3 Å². The van der Waals surface area contributed by atoms with Gasteiger partial charge in [-0.15, -0.1) is 0 Å². The minimum Gasteiger partial charge on any atom is -0.463 e. The lowest BCUT2D eigenvalue weighted by Crippen LogP contribution is -2.64. The van der Waals surface area contributed by atoms with Gasteiger partial charge >= 0.3 is 11.9 Å². The minimum absolute atomic E-state index is 0.115. The molecule has 2 fully saturated rings. The summed E-state index contributed by atoms with van der Waals surface area (Å²) in [5, 5.41) is 69.9. The predicted molar refractivity (Wildman–Crippen MR) is 126 cm³/mol. The summed E-state index contributed by atoms with van der Waals surface area (Å²) in [6.07, 6.45) is -9.99. The van der Waals surface area contributed by atoms with Crippen LogP contribution < -0.4 is 0 Å². The minimum atomic E-state index is -1.79. The van der Waals surface area contributed by atoms with Crippen molar-refractivity contribution in [2.24, 2.45) is 0 Å². The number of ether oxygens (including phenoxy) is 5. The lowest BCUT2D eigenvalue weighted by molar-refractivity contribution is -0.355. The first-order valence-corrected chi connectivity index (χ1v) is 12.7. The predicted octanol–water partition coefficient (Wildman–Crippen LogP) is -2.04. The Labute approximate surface area is 220 Å². The Morgan fingerprint density at radius 2 is 1.34 bits per heavy atom. The molecule has 0 amide bonds. The van der Waals surface area contributed by atoms with Crippen LogP contribution in [0.25, 0.3) is 0 Å². The van der Waals surface area contributed by atoms with Crippen molar-refractivity contribution < 1.29 is 69.0 Å². The summed E-state index contributed by atoms with van der Waals surface area (Å²) in [6.45, 7) is 2.14. The molecule has 10 atom stereocenters. The second-order valence-corrected chi connectivity index (χ2v) is 9.31. The maximum absolute atomic E-state index is 12.1. The molecule has 220 valence electrons. The number of aliphatic hydroxyl groups is 7. The normalized spacial score (nSPS) is 35.4. The van der Waals surface area contributed by atoms with Crippen molar-refractivity contribution >= 4 is 11.9 Å². The molecule has 0 radical (unpaired) electrons. The van der Waals surface area contributed by atoms with E-state index in [-0.39, 0.29) is 12.4 Å². The van der Waals surface area contributed by atoms with Gasteiger partial charge in [-0.3, -0.25) is 9.59 Å². The van der Waals surface area contributed by atoms with Gasteiger partial charge in [0, 0.05) is 12.8 Å². The van der Waals surface area contributed by atoms with Crippen LogP contribution in [-0.2, 0) is 33.3 Å². The fourth-order valence-electron chi connectivity index (χ4n) is 4.20. The largest absolute Gasteiger partial charge is 0.463 e. The molecular weight excluding hydrogens is 512 g/mol. The van der Waals surface area contributed by atoms with Crippen LogP contribution in [0.1, 0.15) is 51.4 Å². The zero-order chi connectivity index (χ0) is 28.2. The first kappa shape index (κ1) is 32.5. The maximum atomic E-state index is 12.1. The molecule has 0 aromatic carbocycles. The second kappa shape index (κ2) is 16.4. The number of esters is 2. The Morgan fingerprint density at radius 1 is 0.737 bits per heavy atom. The number of carbonyl (C=O) groups is 2. The standard InChI is InChI=1S/C24H40O14/c1-2-34-15(26)9-7-5-3-4-6-8-10-16(27)35-12-14-17(28)18(29)21(32)24(37-14)38-22-13(11-25)36-23(33)20(31)19(22)30/h2,13-14,17-25,28-33H,1,3-12H2/t13-,14-,17+,18+,19-,20-,21-,22-,23?,24+/m1/s1. The van der Waals surface area contributed by atoms with Crippen LogP contribution in [0, 0.1) is 0 Å². The number of aliphatic hydroxyl groups excluding tert-OH is 7. The fourth-order valence-corrected chi connectivity index (χ4v) is 4.20. The van der Waals surface area contributed by atoms with Gasteiger partial charge < -0.3 is 59.4 Å². The first-order chi connectivity index (χ1) is 18.1. The van der Waals surface area contributed by atoms with Crippen molar-refractivity contribution in [1.29, 1.82) is 0 Å². The molecule has 2 rings (SSSR count). The van der Waals surface area contributed by atoms with Crippen LogP contribution in [0.15, 0.2) is 12.8 Å². The second-order valence-electron chi connectivity index (χ2n) is 9.31. The van der Waals surface area contributed by atoms with Gasteiger partial charge in [-0.05, 0) is 12.8 Å². The van der Waals surface area contributed by atoms with Crippen molar-refractivity contribution in [3.63, 3.8) is 0 Å². The highest BCUT2D eigenvalue weighted by molar-refractivity contribution is 5.70. The van der Waals surface area contributed by atoms with Crippen molar-refractivity contribution in [1.82, 2.24) is 0 Å². The highest BCUT2D eigenvalue weighted by Crippen LogP contribution is 2.28. The van der Waals surface area contributed by atoms with Gasteiger partial charge in [0.15, 0.2) is 12.6 Å². The number of hydrogen-bond acceptors (Lipinski definition) is 14. The van der Waals surface area contributed by atoms with E-state index in [0.717, 1.165) is 31.9 Å². The summed E-state index contributed by atoms with van der Waals surface area (Å²) in [5.41, 5.74) is 0. The topological polar surface area (TPSA) is 222 Å². The molecule has 2 saturated heterocycles. The van der Waals surface area contributed by atoms with Gasteiger partial charge in [0.05, 0.1) is 12.9 Å². The number of rotatable bonds is 15. The summed E-state index contributed by atoms with van der Waals surface area (Å²) < 4.78 is 25.7. The Morgan fingerprint density at radius 3 is 1.95 bits per heavy atom. The molecule has 14 heteroatoms. The van der Waals surface area contributed by atoms with Crippen LogP contribution in [0.3, 0.4) is 0 Å². The van der Waals surface area contributed by atoms with E-state index in [1.165, 1.54) is 0 Å². The van der Waals surface area contributed by atoms with Crippen molar-refractivity contribution in [2.75, 3.05) is 13.2 Å². The summed E-state index contributed by atoms with van der Waals surface area (Å²) in [4.78, 5) is 23.3. The highest BCUT2D eigenvalue weighted by Gasteiger charge is 2.50. The van der Waals surface area contributed by atoms with E-state index in [2.05, 4.69) is 11.3 Å². The Kier molecular flexibility index (Phi) is 14.0. The third kappa shape index (κ3) is 9.48. The average Bonchev–Trinajstić information content (AvgIpc) is 2.89. The SMILES string of the molecule is C=COC(=O)CCCCCCCCC(=O)OC[C@H]1O[C@@H](O[C@H]2[C@H](O)[C@@H](O)C(O)O[C@@H]2CO)[C@H](O)[C@@H](O)[C@H]1O. The molecule has 0 aromatic rings. The molecule has 0 bridgehead atoms. The van der Waals surface area contributed by atoms with Crippen LogP contribution in [-0.4, -0.2) is 122 Å². The van der Waals surface area contributed by atoms with E-state index < -0.39 is 80.6 Å². The molecule has 2 heterocycles. The van der Waals surface area contributed by atoms with Crippen LogP contribution in [0.2, 0.25) is 0 Å². The van der Waals surface area contributed by atoms with Gasteiger partial charge in [0.25, 0.3) is 0 Å². The Bertz CT molecular complexity index is 733. The lowest BCUT2D eigenvalue weighted by Gasteiger charge is -2.45. The molecule has 1 unspecified atom stereocenters. The molecule has 0 saturated carbocycles. The van der Waals surface area contributed by atoms with E-state index in [9.17, 15) is 45.3 Å². The van der Waals surface area contributed by atoms with Gasteiger partial charge in [-0.2, -0.15) is 0 Å². The average molecular weight is 553 g/mol. The zero-order valence-corrected chi connectivity index (χ0v) is 21.1. The molecule has 0 aliphatic carbocycles. The summed E-state index contributed by atoms with van der Waals surface area (Å²) >= 11 is 0. The fraction of sp³-hybridized carbons (Fsp3) is 0.833. The summed E-state index contributed by atoms with van der Waals surface area (Å²) in [5.74, 6) is -0.872. The van der Waals surface area contributed by atoms with Gasteiger partial charge in [-0.1, -0.05) is 32.3 Å². The van der Waals surface area contributed by atoms with Crippen LogP contribution in [0.4, 0.5) is 0 Å². The van der Waals surface area contributed by atoms with Crippen LogP contribution in [0.5, 0.6) is 0 Å². The van der Waals surface area contributed by atoms with Crippen molar-refractivity contribution in [2.45, 2.75) is 113 Å². The molecule has 0 aromatic heterocycles. The summed E-state index contributed by atoms with van der Waals surface area (Å²) in [7, 11) is 0. The molecule has 0 spiro atoms. The maximum Gasteiger partial charge on any atom is 0.310 e. The Balaban J connectivity index is 1.74. The zero-order valence-electron chi connectivity index (χ0n) is 21.1. The monoisotopic (exact) mass is 552 g/mol. The molecule has 7 N–H and O–H groups in total. The number of unbranched alkanes of at least 4 members (excludes halogenated alkanes) is 5. The van der Waals surface area contributed by atoms with Gasteiger partial charge in [0.1, 0.15) is 55.4 Å². The third-order valence-corrected chi connectivity index (χ3v) is 6.43. The molecule has 14 nitrogen and oxygen atoms in total. The molecular formula is C24H40O14. The van der Waals surface area contributed by atoms with Crippen molar-refractivity contribution in [3.05, 3.63) is 12.8 Å². The summed E-state index contributed by atoms with van der Waals surface area (Å²) in [6, 6.07) is 0. The lowest BCUT2D eigenvalue weighted by atomic mass is 9.97. The Hall–Kier alpha value is -1.72. The smallest absolute Gasteiger partial charge is 0.310 e. The van der Waals surface area contributed by atoms with E-state index in [4.69, 9.17) is 18.9 Å². The number of carbonyl (C=O) groups excluding carboxylic acids is 2. The van der Waals surface area contributed by atoms with E-state index in [1.807, 2.05) is 0 Å². The van der Waals surface area contributed by atoms with Gasteiger partial charge in [-0.25, -0.2) is 0 Å². The first-order valence-electron chi connectivity index (χ1n) is 12.7. The number of hydrogen-bond donors (Lipinski definition) is 7.